The molecule has 1 fully saturated rings. The topological polar surface area (TPSA) is 46.0 Å². The molecule has 3 rings (SSSR count). The predicted octanol–water partition coefficient (Wildman–Crippen LogP) is 4.70. The lowest BCUT2D eigenvalue weighted by Crippen LogP contribution is -2.19. The monoisotopic (exact) mass is 317 g/mol. The van der Waals surface area contributed by atoms with Gasteiger partial charge in [0, 0.05) is 6.54 Å². The maximum Gasteiger partial charge on any atom is 0.130 e. The second-order valence-corrected chi connectivity index (χ2v) is 6.05. The average Bonchev–Trinajstić information content (AvgIpc) is 2.98. The third-order valence-electron chi connectivity index (χ3n) is 3.27. The second kappa shape index (κ2) is 5.40. The lowest BCUT2D eigenvalue weighted by Gasteiger charge is -2.16. The molecule has 4 nitrogen and oxygen atoms in total. The fourth-order valence-electron chi connectivity index (χ4n) is 2.29. The molecule has 2 atom stereocenters. The lowest BCUT2D eigenvalue weighted by molar-refractivity contribution is 0.0637. The van der Waals surface area contributed by atoms with Crippen LogP contribution in [0.4, 0.5) is 17.1 Å². The number of nitrogens with zero attached hydrogens (tertiary/aromatic N) is 2. The number of hydrogen-bond acceptors (Lipinski definition) is 4. The van der Waals surface area contributed by atoms with E-state index < -0.39 is 0 Å². The molecule has 2 heterocycles. The average molecular weight is 318 g/mol. The van der Waals surface area contributed by atoms with Gasteiger partial charge in [0.15, 0.2) is 0 Å². The van der Waals surface area contributed by atoms with Crippen molar-refractivity contribution >= 4 is 51.6 Å². The van der Waals surface area contributed by atoms with Crippen LogP contribution in [-0.4, -0.2) is 18.8 Å². The van der Waals surface area contributed by atoms with E-state index in [4.69, 9.17) is 27.9 Å². The van der Waals surface area contributed by atoms with Gasteiger partial charge < -0.3 is 10.1 Å². The molecule has 7 heteroatoms. The Morgan fingerprint density at radius 2 is 2.11 bits per heavy atom. The summed E-state index contributed by atoms with van der Waals surface area (Å²) in [6, 6.07) is 1.70. The van der Waals surface area contributed by atoms with Gasteiger partial charge in [-0.2, -0.15) is 8.73 Å². The molecular weight excluding hydrogens is 305 g/mol. The van der Waals surface area contributed by atoms with Crippen LogP contribution in [0.15, 0.2) is 14.8 Å². The minimum Gasteiger partial charge on any atom is -0.379 e. The lowest BCUT2D eigenvalue weighted by atomic mass is 10.2. The van der Waals surface area contributed by atoms with Gasteiger partial charge in [-0.05, 0) is 25.8 Å². The van der Waals surface area contributed by atoms with Crippen LogP contribution in [0.2, 0.25) is 10.0 Å². The first-order valence-electron chi connectivity index (χ1n) is 6.14. The summed E-state index contributed by atoms with van der Waals surface area (Å²) in [4.78, 5) is 0. The van der Waals surface area contributed by atoms with E-state index in [1.807, 2.05) is 0 Å². The van der Waals surface area contributed by atoms with Crippen LogP contribution in [0.1, 0.15) is 19.8 Å². The summed E-state index contributed by atoms with van der Waals surface area (Å²) in [5.74, 6) is 0. The molecule has 2 unspecified atom stereocenters. The smallest absolute Gasteiger partial charge is 0.130 e. The number of rotatable bonds is 3. The van der Waals surface area contributed by atoms with E-state index in [0.29, 0.717) is 21.8 Å². The van der Waals surface area contributed by atoms with Gasteiger partial charge in [-0.3, -0.25) is 0 Å². The minimum absolute atomic E-state index is 0.225. The normalized spacial score (nSPS) is 24.4. The van der Waals surface area contributed by atoms with E-state index in [1.165, 1.54) is 0 Å². The Labute approximate surface area is 125 Å². The van der Waals surface area contributed by atoms with Crippen molar-refractivity contribution < 1.29 is 4.74 Å². The molecule has 0 aliphatic carbocycles. The van der Waals surface area contributed by atoms with Crippen LogP contribution in [-0.2, 0) is 16.1 Å². The molecule has 2 aliphatic heterocycles. The Bertz CT molecular complexity index is 587. The molecule has 19 heavy (non-hydrogen) atoms. The maximum atomic E-state index is 6.23. The fraction of sp³-hybridized carbons (Fsp3) is 0.500. The third-order valence-corrected chi connectivity index (χ3v) is 4.38. The molecule has 1 saturated heterocycles. The van der Waals surface area contributed by atoms with Gasteiger partial charge in [-0.15, -0.1) is 0 Å². The minimum atomic E-state index is 0.225. The van der Waals surface area contributed by atoms with Crippen LogP contribution in [0.25, 0.3) is 0 Å². The first-order valence-corrected chi connectivity index (χ1v) is 7.63. The molecule has 0 spiro atoms. The van der Waals surface area contributed by atoms with Gasteiger partial charge in [0.05, 0.1) is 39.3 Å². The number of benzene rings is 1. The van der Waals surface area contributed by atoms with E-state index in [9.17, 15) is 0 Å². The van der Waals surface area contributed by atoms with Gasteiger partial charge in [0.2, 0.25) is 0 Å². The number of fused-ring (bicyclic) bond motifs is 1. The number of hydrogen-bond donors (Lipinski definition) is 1. The Morgan fingerprint density at radius 1 is 1.32 bits per heavy atom. The zero-order chi connectivity index (χ0) is 13.4. The van der Waals surface area contributed by atoms with Crippen LogP contribution in [0, 0.1) is 0 Å². The van der Waals surface area contributed by atoms with Crippen molar-refractivity contribution in [1.29, 1.82) is 0 Å². The Balaban J connectivity index is 1.78. The molecule has 102 valence electrons. The summed E-state index contributed by atoms with van der Waals surface area (Å²) >= 11 is 13.5. The number of ether oxygens (including phenoxy) is 1. The molecule has 2 aliphatic rings. The van der Waals surface area contributed by atoms with Crippen LogP contribution < -0.4 is 5.32 Å². The summed E-state index contributed by atoms with van der Waals surface area (Å²) in [6.07, 6.45) is 2.74. The van der Waals surface area contributed by atoms with Crippen molar-refractivity contribution in [2.24, 2.45) is 8.73 Å². The summed E-state index contributed by atoms with van der Waals surface area (Å²) < 4.78 is 14.2. The van der Waals surface area contributed by atoms with Crippen molar-refractivity contribution in [2.45, 2.75) is 32.0 Å². The quantitative estimate of drug-likeness (QED) is 0.891. The van der Waals surface area contributed by atoms with Gasteiger partial charge in [0.1, 0.15) is 11.4 Å². The molecule has 0 bridgehead atoms. The zero-order valence-electron chi connectivity index (χ0n) is 10.3. The standard InChI is InChI=1S/C12H13Cl2N3OS/c1-6-2-3-7(18-6)5-15-10-8(13)4-9(14)11-12(10)17-19-16-11/h4,6-7,15H,2-3,5H2,1H3. The number of nitrogens with one attached hydrogen (secondary N) is 1. The summed E-state index contributed by atoms with van der Waals surface area (Å²) in [6.45, 7) is 2.82. The highest BCUT2D eigenvalue weighted by Crippen LogP contribution is 2.47. The molecule has 0 aromatic heterocycles. The van der Waals surface area contributed by atoms with E-state index >= 15 is 0 Å². The van der Waals surface area contributed by atoms with Gasteiger partial charge >= 0.3 is 0 Å². The van der Waals surface area contributed by atoms with Crippen molar-refractivity contribution in [3.63, 3.8) is 0 Å². The highest BCUT2D eigenvalue weighted by atomic mass is 35.5. The van der Waals surface area contributed by atoms with Crippen LogP contribution >= 0.6 is 23.2 Å². The first kappa shape index (κ1) is 13.4. The Morgan fingerprint density at radius 3 is 2.84 bits per heavy atom. The van der Waals surface area contributed by atoms with Gasteiger partial charge in [0.25, 0.3) is 0 Å². The van der Waals surface area contributed by atoms with Crippen molar-refractivity contribution in [2.75, 3.05) is 11.9 Å². The molecular formula is C12H13Cl2N3OS. The summed E-state index contributed by atoms with van der Waals surface area (Å²) in [5.41, 5.74) is 2.21. The largest absolute Gasteiger partial charge is 0.379 e. The highest BCUT2D eigenvalue weighted by Gasteiger charge is 2.23. The molecule has 0 amide bonds. The number of halogens is 2. The Kier molecular flexibility index (Phi) is 3.80. The van der Waals surface area contributed by atoms with E-state index in [-0.39, 0.29) is 6.10 Å². The summed E-state index contributed by atoms with van der Waals surface area (Å²) in [5, 5.41) is 4.42. The second-order valence-electron chi connectivity index (χ2n) is 4.70. The fourth-order valence-corrected chi connectivity index (χ4v) is 3.47. The molecule has 0 radical (unpaired) electrons. The SMILES string of the molecule is CC1CCC(CNc2c(Cl)cc(Cl)c3c2N=S=N3)O1. The molecule has 1 N–H and O–H groups in total. The van der Waals surface area contributed by atoms with E-state index in [1.54, 1.807) is 6.07 Å². The summed E-state index contributed by atoms with van der Waals surface area (Å²) in [7, 11) is 0. The van der Waals surface area contributed by atoms with Gasteiger partial charge in [-0.1, -0.05) is 23.2 Å². The molecule has 1 aromatic rings. The zero-order valence-corrected chi connectivity index (χ0v) is 12.6. The van der Waals surface area contributed by atoms with Crippen LogP contribution in [0.3, 0.4) is 0 Å². The van der Waals surface area contributed by atoms with Crippen molar-refractivity contribution in [1.82, 2.24) is 0 Å². The highest BCUT2D eigenvalue weighted by molar-refractivity contribution is 7.58. The predicted molar refractivity (Wildman–Crippen MR) is 80.1 cm³/mol. The van der Waals surface area contributed by atoms with Crippen LogP contribution in [0.5, 0.6) is 0 Å². The van der Waals surface area contributed by atoms with Crippen molar-refractivity contribution in [3.05, 3.63) is 16.1 Å². The Hall–Kier alpha value is -0.620. The van der Waals surface area contributed by atoms with Crippen molar-refractivity contribution in [3.8, 4) is 0 Å². The first-order chi connectivity index (χ1) is 9.15. The molecule has 0 saturated carbocycles. The van der Waals surface area contributed by atoms with E-state index in [0.717, 1.165) is 42.1 Å². The van der Waals surface area contributed by atoms with E-state index in [2.05, 4.69) is 21.0 Å². The van der Waals surface area contributed by atoms with Gasteiger partial charge in [-0.25, -0.2) is 0 Å². The third kappa shape index (κ3) is 2.65. The molecule has 1 aromatic carbocycles. The maximum absolute atomic E-state index is 6.23. The number of anilines is 1.